The molecule has 1 saturated heterocycles. The number of piperidine rings is 1. The molecule has 0 spiro atoms. The van der Waals surface area contributed by atoms with Crippen molar-refractivity contribution < 1.29 is 4.79 Å². The molecule has 1 saturated carbocycles. The first-order valence-electron chi connectivity index (χ1n) is 10.5. The van der Waals surface area contributed by atoms with Crippen LogP contribution < -0.4 is 10.6 Å². The molecule has 4 heterocycles. The third kappa shape index (κ3) is 3.34. The van der Waals surface area contributed by atoms with E-state index in [-0.39, 0.29) is 5.92 Å². The van der Waals surface area contributed by atoms with Gasteiger partial charge >= 0.3 is 0 Å². The van der Waals surface area contributed by atoms with Crippen molar-refractivity contribution in [3.8, 4) is 0 Å². The molecule has 3 aromatic heterocycles. The summed E-state index contributed by atoms with van der Waals surface area (Å²) in [5.41, 5.74) is 6.61. The number of hydrogen-bond donors (Lipinski definition) is 3. The predicted molar refractivity (Wildman–Crippen MR) is 109 cm³/mol. The third-order valence-corrected chi connectivity index (χ3v) is 6.31. The summed E-state index contributed by atoms with van der Waals surface area (Å²) >= 11 is 0. The summed E-state index contributed by atoms with van der Waals surface area (Å²) in [6, 6.07) is 0. The lowest BCUT2D eigenvalue weighted by molar-refractivity contribution is 0.100. The summed E-state index contributed by atoms with van der Waals surface area (Å²) in [5, 5.41) is 8.46. The Morgan fingerprint density at radius 2 is 1.93 bits per heavy atom. The predicted octanol–water partition coefficient (Wildman–Crippen LogP) is 2.61. The number of nitrogens with two attached hydrogens (primary N) is 1. The number of fused-ring (bicyclic) bond motifs is 1. The summed E-state index contributed by atoms with van der Waals surface area (Å²) < 4.78 is 0. The monoisotopic (exact) mass is 394 g/mol. The van der Waals surface area contributed by atoms with Gasteiger partial charge in [0.05, 0.1) is 10.9 Å². The van der Waals surface area contributed by atoms with Crippen LogP contribution in [0.25, 0.3) is 11.0 Å². The summed E-state index contributed by atoms with van der Waals surface area (Å²) in [6.45, 7) is 1.63. The number of carbonyl (C=O) groups excluding carboxylic acids is 1. The van der Waals surface area contributed by atoms with E-state index < -0.39 is 5.91 Å². The first kappa shape index (κ1) is 18.1. The van der Waals surface area contributed by atoms with Crippen LogP contribution in [-0.4, -0.2) is 49.1 Å². The summed E-state index contributed by atoms with van der Waals surface area (Å²) in [6.07, 6.45) is 11.5. The van der Waals surface area contributed by atoms with Crippen molar-refractivity contribution in [2.75, 3.05) is 18.0 Å². The molecular formula is C20H26N8O. The van der Waals surface area contributed by atoms with Gasteiger partial charge in [0.1, 0.15) is 23.6 Å². The smallest absolute Gasteiger partial charge is 0.251 e. The van der Waals surface area contributed by atoms with Gasteiger partial charge in [0.25, 0.3) is 5.91 Å². The Labute approximate surface area is 168 Å². The van der Waals surface area contributed by atoms with Crippen molar-refractivity contribution in [2.24, 2.45) is 5.73 Å². The largest absolute Gasteiger partial charge is 0.366 e. The number of H-pyrrole nitrogens is 2. The van der Waals surface area contributed by atoms with Gasteiger partial charge in [0.2, 0.25) is 0 Å². The molecule has 1 atom stereocenters. The fraction of sp³-hybridized carbons (Fsp3) is 0.550. The van der Waals surface area contributed by atoms with Crippen LogP contribution in [0.1, 0.15) is 78.8 Å². The molecule has 1 aliphatic heterocycles. The highest BCUT2D eigenvalue weighted by Crippen LogP contribution is 2.34. The van der Waals surface area contributed by atoms with Gasteiger partial charge in [-0.25, -0.2) is 15.0 Å². The minimum atomic E-state index is -0.480. The lowest BCUT2D eigenvalue weighted by atomic mass is 9.89. The Hall–Kier alpha value is -2.97. The zero-order valence-electron chi connectivity index (χ0n) is 16.4. The molecular weight excluding hydrogens is 368 g/mol. The van der Waals surface area contributed by atoms with Crippen molar-refractivity contribution in [3.05, 3.63) is 29.7 Å². The second-order valence-corrected chi connectivity index (χ2v) is 8.19. The molecule has 0 radical (unpaired) electrons. The lowest BCUT2D eigenvalue weighted by Gasteiger charge is -2.32. The molecule has 2 fully saturated rings. The standard InChI is InChI=1S/C20H26N8O/c21-16(29)14-9-22-19-15(14)20(24-11-23-19)28-8-4-7-13(10-28)18-25-17(26-27-18)12-5-2-1-3-6-12/h9,11-13H,1-8,10H2,(H2,21,29)(H,22,23,24)(H,25,26,27). The first-order chi connectivity index (χ1) is 14.2. The van der Waals surface area contributed by atoms with Gasteiger partial charge < -0.3 is 15.6 Å². The molecule has 0 bridgehead atoms. The first-order valence-corrected chi connectivity index (χ1v) is 10.5. The number of primary amides is 1. The van der Waals surface area contributed by atoms with Gasteiger partial charge in [-0.3, -0.25) is 9.89 Å². The van der Waals surface area contributed by atoms with E-state index in [1.54, 1.807) is 6.20 Å². The van der Waals surface area contributed by atoms with Crippen LogP contribution >= 0.6 is 0 Å². The number of hydrogen-bond acceptors (Lipinski definition) is 6. The molecule has 2 aliphatic rings. The van der Waals surface area contributed by atoms with Crippen LogP contribution in [-0.2, 0) is 0 Å². The second kappa shape index (κ2) is 7.46. The van der Waals surface area contributed by atoms with E-state index in [0.717, 1.165) is 43.4 Å². The molecule has 1 amide bonds. The maximum absolute atomic E-state index is 11.9. The van der Waals surface area contributed by atoms with Crippen LogP contribution in [0.5, 0.6) is 0 Å². The minimum absolute atomic E-state index is 0.235. The van der Waals surface area contributed by atoms with Gasteiger partial charge in [-0.15, -0.1) is 0 Å². The second-order valence-electron chi connectivity index (χ2n) is 8.19. The van der Waals surface area contributed by atoms with Crippen molar-refractivity contribution in [1.82, 2.24) is 30.1 Å². The lowest BCUT2D eigenvalue weighted by Crippen LogP contribution is -2.35. The quantitative estimate of drug-likeness (QED) is 0.624. The highest BCUT2D eigenvalue weighted by molar-refractivity contribution is 6.09. The van der Waals surface area contributed by atoms with Crippen LogP contribution in [0.2, 0.25) is 0 Å². The van der Waals surface area contributed by atoms with Gasteiger partial charge in [-0.1, -0.05) is 19.3 Å². The molecule has 0 aromatic carbocycles. The molecule has 5 rings (SSSR count). The zero-order chi connectivity index (χ0) is 19.8. The highest BCUT2D eigenvalue weighted by Gasteiger charge is 2.29. The van der Waals surface area contributed by atoms with E-state index in [4.69, 9.17) is 10.7 Å². The van der Waals surface area contributed by atoms with Crippen molar-refractivity contribution in [1.29, 1.82) is 0 Å². The zero-order valence-corrected chi connectivity index (χ0v) is 16.4. The van der Waals surface area contributed by atoms with Gasteiger partial charge in [-0.05, 0) is 25.7 Å². The van der Waals surface area contributed by atoms with Gasteiger partial charge in [0, 0.05) is 31.1 Å². The molecule has 1 unspecified atom stereocenters. The average molecular weight is 394 g/mol. The Kier molecular flexibility index (Phi) is 4.65. The Bertz CT molecular complexity index is 1020. The third-order valence-electron chi connectivity index (χ3n) is 6.31. The SMILES string of the molecule is NC(=O)c1c[nH]c2ncnc(N3CCCC(c4n[nH]c(C5CCCCC5)n4)C3)c12. The maximum Gasteiger partial charge on any atom is 0.251 e. The Balaban J connectivity index is 1.40. The topological polar surface area (TPSA) is 129 Å². The maximum atomic E-state index is 11.9. The number of rotatable bonds is 4. The van der Waals surface area contributed by atoms with Gasteiger partial charge in [0.15, 0.2) is 5.82 Å². The summed E-state index contributed by atoms with van der Waals surface area (Å²) in [7, 11) is 0. The molecule has 9 heteroatoms. The minimum Gasteiger partial charge on any atom is -0.366 e. The Morgan fingerprint density at radius 3 is 2.76 bits per heavy atom. The van der Waals surface area contributed by atoms with E-state index in [0.29, 0.717) is 22.5 Å². The van der Waals surface area contributed by atoms with E-state index in [1.807, 2.05) is 0 Å². The fourth-order valence-corrected chi connectivity index (χ4v) is 4.79. The normalized spacial score (nSPS) is 21.0. The summed E-state index contributed by atoms with van der Waals surface area (Å²) in [4.78, 5) is 30.7. The highest BCUT2D eigenvalue weighted by atomic mass is 16.1. The van der Waals surface area contributed by atoms with Crippen LogP contribution in [0, 0.1) is 0 Å². The van der Waals surface area contributed by atoms with Crippen molar-refractivity contribution in [2.45, 2.75) is 56.8 Å². The number of carbonyl (C=O) groups is 1. The summed E-state index contributed by atoms with van der Waals surface area (Å²) in [5.74, 6) is 2.96. The number of nitrogens with zero attached hydrogens (tertiary/aromatic N) is 5. The number of anilines is 1. The van der Waals surface area contributed by atoms with E-state index in [9.17, 15) is 4.79 Å². The Morgan fingerprint density at radius 1 is 1.10 bits per heavy atom. The van der Waals surface area contributed by atoms with Gasteiger partial charge in [-0.2, -0.15) is 5.10 Å². The molecule has 152 valence electrons. The number of amides is 1. The molecule has 29 heavy (non-hydrogen) atoms. The molecule has 3 aromatic rings. The fourth-order valence-electron chi connectivity index (χ4n) is 4.79. The van der Waals surface area contributed by atoms with Crippen molar-refractivity contribution in [3.63, 3.8) is 0 Å². The number of aromatic nitrogens is 6. The van der Waals surface area contributed by atoms with Crippen LogP contribution in [0.15, 0.2) is 12.5 Å². The van der Waals surface area contributed by atoms with Crippen molar-refractivity contribution >= 4 is 22.8 Å². The van der Waals surface area contributed by atoms with Crippen LogP contribution in [0.3, 0.4) is 0 Å². The van der Waals surface area contributed by atoms with E-state index in [1.165, 1.54) is 38.4 Å². The molecule has 9 nitrogen and oxygen atoms in total. The van der Waals surface area contributed by atoms with Crippen LogP contribution in [0.4, 0.5) is 5.82 Å². The van der Waals surface area contributed by atoms with E-state index in [2.05, 4.69) is 30.0 Å². The molecule has 4 N–H and O–H groups in total. The molecule has 1 aliphatic carbocycles. The number of aromatic amines is 2. The van der Waals surface area contributed by atoms with E-state index >= 15 is 0 Å². The number of nitrogens with one attached hydrogen (secondary N) is 2. The average Bonchev–Trinajstić information content (AvgIpc) is 3.42.